The minimum Gasteiger partial charge on any atom is -0.457 e. The lowest BCUT2D eigenvalue weighted by Crippen LogP contribution is -2.28. The molecule has 11 heteroatoms. The van der Waals surface area contributed by atoms with Crippen LogP contribution >= 0.6 is 0 Å². The van der Waals surface area contributed by atoms with Crippen molar-refractivity contribution in [2.45, 2.75) is 19.3 Å². The first-order valence-electron chi connectivity index (χ1n) is 12.0. The average Bonchev–Trinajstić information content (AvgIpc) is 3.34. The van der Waals surface area contributed by atoms with Crippen molar-refractivity contribution in [1.29, 1.82) is 0 Å². The molecule has 39 heavy (non-hydrogen) atoms. The third kappa shape index (κ3) is 5.82. The standard InChI is InChI=1S/C28H22F3N5O3/c29-28(30,31)20-8-6-7-19(15-20)17-35-18-33-25-23(27(35)38)16-34-36(25)14-13-32-26(37)22-11-4-5-12-24(22)39-21-9-2-1-3-10-21/h1-12,15-16,18H,13-14,17H2,(H,32,37). The Hall–Kier alpha value is -4.93. The van der Waals surface area contributed by atoms with Gasteiger partial charge in [0.15, 0.2) is 5.65 Å². The van der Waals surface area contributed by atoms with E-state index in [0.29, 0.717) is 28.3 Å². The van der Waals surface area contributed by atoms with Crippen molar-refractivity contribution in [2.24, 2.45) is 0 Å². The van der Waals surface area contributed by atoms with Crippen LogP contribution in [0.15, 0.2) is 96.2 Å². The molecule has 0 fully saturated rings. The van der Waals surface area contributed by atoms with Gasteiger partial charge in [-0.2, -0.15) is 18.3 Å². The fourth-order valence-corrected chi connectivity index (χ4v) is 4.05. The highest BCUT2D eigenvalue weighted by Crippen LogP contribution is 2.29. The Morgan fingerprint density at radius 2 is 1.74 bits per heavy atom. The van der Waals surface area contributed by atoms with Crippen LogP contribution in [0, 0.1) is 0 Å². The normalized spacial score (nSPS) is 11.5. The number of hydrogen-bond donors (Lipinski definition) is 1. The summed E-state index contributed by atoms with van der Waals surface area (Å²) in [5, 5.41) is 7.25. The van der Waals surface area contributed by atoms with Gasteiger partial charge in [-0.1, -0.05) is 42.5 Å². The Labute approximate surface area is 220 Å². The predicted octanol–water partition coefficient (Wildman–Crippen LogP) is 4.88. The summed E-state index contributed by atoms with van der Waals surface area (Å²) in [5.74, 6) is 0.675. The van der Waals surface area contributed by atoms with E-state index in [9.17, 15) is 22.8 Å². The summed E-state index contributed by atoms with van der Waals surface area (Å²) in [6.07, 6.45) is -1.84. The van der Waals surface area contributed by atoms with Gasteiger partial charge in [-0.25, -0.2) is 9.67 Å². The molecule has 0 radical (unpaired) electrons. The molecule has 2 aromatic heterocycles. The molecule has 198 valence electrons. The van der Waals surface area contributed by atoms with Gasteiger partial charge in [0, 0.05) is 6.54 Å². The Balaban J connectivity index is 1.26. The number of rotatable bonds is 8. The topological polar surface area (TPSA) is 91.0 Å². The van der Waals surface area contributed by atoms with Gasteiger partial charge in [0.2, 0.25) is 0 Å². The molecule has 1 amide bonds. The zero-order valence-corrected chi connectivity index (χ0v) is 20.4. The van der Waals surface area contributed by atoms with Gasteiger partial charge < -0.3 is 10.1 Å². The van der Waals surface area contributed by atoms with Crippen molar-refractivity contribution < 1.29 is 22.7 Å². The summed E-state index contributed by atoms with van der Waals surface area (Å²) in [4.78, 5) is 30.1. The number of carbonyl (C=O) groups is 1. The van der Waals surface area contributed by atoms with Crippen molar-refractivity contribution >= 4 is 16.9 Å². The van der Waals surface area contributed by atoms with Crippen LogP contribution < -0.4 is 15.6 Å². The van der Waals surface area contributed by atoms with Gasteiger partial charge in [0.1, 0.15) is 23.2 Å². The third-order valence-corrected chi connectivity index (χ3v) is 5.94. The first kappa shape index (κ1) is 25.7. The molecule has 0 spiro atoms. The minimum atomic E-state index is -4.48. The zero-order valence-electron chi connectivity index (χ0n) is 20.4. The highest BCUT2D eigenvalue weighted by atomic mass is 19.4. The molecule has 0 aliphatic carbocycles. The Bertz CT molecular complexity index is 1680. The van der Waals surface area contributed by atoms with Gasteiger partial charge in [0.05, 0.1) is 30.4 Å². The molecule has 3 aromatic carbocycles. The molecule has 8 nitrogen and oxygen atoms in total. The first-order valence-corrected chi connectivity index (χ1v) is 12.0. The number of halogens is 3. The van der Waals surface area contributed by atoms with E-state index in [2.05, 4.69) is 15.4 Å². The maximum absolute atomic E-state index is 13.0. The summed E-state index contributed by atoms with van der Waals surface area (Å²) in [7, 11) is 0. The number of aromatic nitrogens is 4. The maximum atomic E-state index is 13.0. The number of ether oxygens (including phenoxy) is 1. The smallest absolute Gasteiger partial charge is 0.416 e. The second-order valence-corrected chi connectivity index (χ2v) is 8.65. The van der Waals surface area contributed by atoms with E-state index in [-0.39, 0.29) is 30.9 Å². The molecule has 5 rings (SSSR count). The van der Waals surface area contributed by atoms with E-state index in [4.69, 9.17) is 4.74 Å². The summed E-state index contributed by atoms with van der Waals surface area (Å²) in [6, 6.07) is 20.8. The van der Waals surface area contributed by atoms with E-state index in [1.54, 1.807) is 36.4 Å². The summed E-state index contributed by atoms with van der Waals surface area (Å²) in [5.41, 5.74) is -0.227. The number of nitrogens with zero attached hydrogens (tertiary/aromatic N) is 4. The number of nitrogens with one attached hydrogen (secondary N) is 1. The van der Waals surface area contributed by atoms with Crippen molar-refractivity contribution in [3.63, 3.8) is 0 Å². The molecule has 0 saturated carbocycles. The monoisotopic (exact) mass is 533 g/mol. The summed E-state index contributed by atoms with van der Waals surface area (Å²) in [6.45, 7) is 0.364. The van der Waals surface area contributed by atoms with Crippen LogP contribution in [0.1, 0.15) is 21.5 Å². The number of para-hydroxylation sites is 2. The van der Waals surface area contributed by atoms with Crippen molar-refractivity contribution in [2.75, 3.05) is 6.54 Å². The molecule has 2 heterocycles. The zero-order chi connectivity index (χ0) is 27.4. The second kappa shape index (κ2) is 10.8. The second-order valence-electron chi connectivity index (χ2n) is 8.65. The Morgan fingerprint density at radius 3 is 2.54 bits per heavy atom. The summed E-state index contributed by atoms with van der Waals surface area (Å²) >= 11 is 0. The van der Waals surface area contributed by atoms with Gasteiger partial charge in [-0.15, -0.1) is 0 Å². The average molecular weight is 534 g/mol. The van der Waals surface area contributed by atoms with Gasteiger partial charge >= 0.3 is 6.18 Å². The molecule has 0 atom stereocenters. The fourth-order valence-electron chi connectivity index (χ4n) is 4.05. The SMILES string of the molecule is O=C(NCCn1ncc2c(=O)n(Cc3cccc(C(F)(F)F)c3)cnc21)c1ccccc1Oc1ccccc1. The lowest BCUT2D eigenvalue weighted by molar-refractivity contribution is -0.137. The van der Waals surface area contributed by atoms with E-state index in [1.165, 1.54) is 33.9 Å². The lowest BCUT2D eigenvalue weighted by atomic mass is 10.1. The van der Waals surface area contributed by atoms with Crippen LogP contribution in [0.25, 0.3) is 11.0 Å². The van der Waals surface area contributed by atoms with E-state index >= 15 is 0 Å². The number of benzene rings is 3. The molecular formula is C28H22F3N5O3. The molecule has 0 bridgehead atoms. The van der Waals surface area contributed by atoms with E-state index < -0.39 is 17.3 Å². The fraction of sp³-hybridized carbons (Fsp3) is 0.143. The van der Waals surface area contributed by atoms with Crippen LogP contribution in [0.2, 0.25) is 0 Å². The first-order chi connectivity index (χ1) is 18.8. The maximum Gasteiger partial charge on any atom is 0.416 e. The van der Waals surface area contributed by atoms with Crippen molar-refractivity contribution in [3.05, 3.63) is 118 Å². The number of hydrogen-bond acceptors (Lipinski definition) is 5. The van der Waals surface area contributed by atoms with Gasteiger partial charge in [-0.05, 0) is 42.0 Å². The number of amides is 1. The van der Waals surface area contributed by atoms with Crippen molar-refractivity contribution in [1.82, 2.24) is 24.6 Å². The van der Waals surface area contributed by atoms with Crippen LogP contribution in [-0.4, -0.2) is 31.8 Å². The predicted molar refractivity (Wildman–Crippen MR) is 138 cm³/mol. The highest BCUT2D eigenvalue weighted by molar-refractivity contribution is 5.97. The summed E-state index contributed by atoms with van der Waals surface area (Å²) < 4.78 is 47.7. The number of fused-ring (bicyclic) bond motifs is 1. The highest BCUT2D eigenvalue weighted by Gasteiger charge is 2.30. The van der Waals surface area contributed by atoms with E-state index in [1.807, 2.05) is 18.2 Å². The van der Waals surface area contributed by atoms with E-state index in [0.717, 1.165) is 12.1 Å². The Kier molecular flexibility index (Phi) is 7.13. The van der Waals surface area contributed by atoms with Gasteiger partial charge in [-0.3, -0.25) is 14.2 Å². The molecule has 5 aromatic rings. The third-order valence-electron chi connectivity index (χ3n) is 5.94. The lowest BCUT2D eigenvalue weighted by Gasteiger charge is -2.12. The number of alkyl halides is 3. The van der Waals surface area contributed by atoms with Crippen molar-refractivity contribution in [3.8, 4) is 11.5 Å². The largest absolute Gasteiger partial charge is 0.457 e. The van der Waals surface area contributed by atoms with Gasteiger partial charge in [0.25, 0.3) is 11.5 Å². The number of carbonyl (C=O) groups excluding carboxylic acids is 1. The Morgan fingerprint density at radius 1 is 0.974 bits per heavy atom. The van der Waals surface area contributed by atoms with Crippen LogP contribution in [0.3, 0.4) is 0 Å². The molecule has 0 aliphatic heterocycles. The minimum absolute atomic E-state index is 0.0720. The molecular weight excluding hydrogens is 511 g/mol. The molecule has 0 unspecified atom stereocenters. The molecule has 0 aliphatic rings. The molecule has 0 saturated heterocycles. The van der Waals surface area contributed by atoms with Crippen LogP contribution in [-0.2, 0) is 19.3 Å². The molecule has 1 N–H and O–H groups in total. The quantitative estimate of drug-likeness (QED) is 0.307. The van der Waals surface area contributed by atoms with Crippen LogP contribution in [0.4, 0.5) is 13.2 Å². The van der Waals surface area contributed by atoms with Crippen LogP contribution in [0.5, 0.6) is 11.5 Å².